The Bertz CT molecular complexity index is 775. The number of anilines is 1. The zero-order chi connectivity index (χ0) is 14.8. The SMILES string of the molecule is Cc1cc(C(=O)Nc2cccc(-c3nnco3)c2)c(C)o1. The lowest BCUT2D eigenvalue weighted by Crippen LogP contribution is -2.12. The number of aryl methyl sites for hydroxylation is 2. The largest absolute Gasteiger partial charge is 0.466 e. The molecule has 0 aliphatic heterocycles. The molecule has 0 saturated carbocycles. The number of furan rings is 1. The first-order chi connectivity index (χ1) is 10.1. The molecule has 21 heavy (non-hydrogen) atoms. The average Bonchev–Trinajstić information content (AvgIpc) is 3.08. The Kier molecular flexibility index (Phi) is 3.27. The Hall–Kier alpha value is -2.89. The third-order valence-electron chi connectivity index (χ3n) is 3.01. The van der Waals surface area contributed by atoms with Crippen molar-refractivity contribution in [2.45, 2.75) is 13.8 Å². The van der Waals surface area contributed by atoms with Gasteiger partial charge in [-0.3, -0.25) is 4.79 Å². The van der Waals surface area contributed by atoms with Gasteiger partial charge in [-0.25, -0.2) is 0 Å². The van der Waals surface area contributed by atoms with E-state index in [2.05, 4.69) is 15.5 Å². The number of rotatable bonds is 3. The highest BCUT2D eigenvalue weighted by atomic mass is 16.4. The van der Waals surface area contributed by atoms with Crippen molar-refractivity contribution in [1.82, 2.24) is 10.2 Å². The van der Waals surface area contributed by atoms with Crippen molar-refractivity contribution in [1.29, 1.82) is 0 Å². The molecular formula is C15H13N3O3. The summed E-state index contributed by atoms with van der Waals surface area (Å²) in [5.74, 6) is 1.49. The summed E-state index contributed by atoms with van der Waals surface area (Å²) in [5.41, 5.74) is 1.91. The molecule has 2 aromatic heterocycles. The summed E-state index contributed by atoms with van der Waals surface area (Å²) in [5, 5.41) is 10.3. The molecule has 0 saturated heterocycles. The summed E-state index contributed by atoms with van der Waals surface area (Å²) in [6, 6.07) is 8.92. The number of nitrogens with one attached hydrogen (secondary N) is 1. The molecule has 1 N–H and O–H groups in total. The third-order valence-corrected chi connectivity index (χ3v) is 3.01. The number of nitrogens with zero attached hydrogens (tertiary/aromatic N) is 2. The van der Waals surface area contributed by atoms with E-state index in [1.54, 1.807) is 32.0 Å². The van der Waals surface area contributed by atoms with Crippen LogP contribution in [0.1, 0.15) is 21.9 Å². The van der Waals surface area contributed by atoms with Crippen LogP contribution in [-0.4, -0.2) is 16.1 Å². The maximum Gasteiger partial charge on any atom is 0.259 e. The summed E-state index contributed by atoms with van der Waals surface area (Å²) in [6.07, 6.45) is 1.26. The highest BCUT2D eigenvalue weighted by molar-refractivity contribution is 6.05. The van der Waals surface area contributed by atoms with Crippen LogP contribution >= 0.6 is 0 Å². The fourth-order valence-corrected chi connectivity index (χ4v) is 2.08. The number of carbonyl (C=O) groups excluding carboxylic acids is 1. The highest BCUT2D eigenvalue weighted by Gasteiger charge is 2.14. The first kappa shape index (κ1) is 13.1. The van der Waals surface area contributed by atoms with Gasteiger partial charge in [-0.1, -0.05) is 6.07 Å². The summed E-state index contributed by atoms with van der Waals surface area (Å²) >= 11 is 0. The number of hydrogen-bond acceptors (Lipinski definition) is 5. The predicted molar refractivity (Wildman–Crippen MR) is 75.9 cm³/mol. The zero-order valence-electron chi connectivity index (χ0n) is 11.6. The van der Waals surface area contributed by atoms with Crippen molar-refractivity contribution in [2.75, 3.05) is 5.32 Å². The normalized spacial score (nSPS) is 10.6. The number of hydrogen-bond donors (Lipinski definition) is 1. The molecule has 0 aliphatic rings. The van der Waals surface area contributed by atoms with E-state index < -0.39 is 0 Å². The molecular weight excluding hydrogens is 270 g/mol. The number of aromatic nitrogens is 2. The fourth-order valence-electron chi connectivity index (χ4n) is 2.08. The van der Waals surface area contributed by atoms with E-state index in [1.165, 1.54) is 6.39 Å². The standard InChI is InChI=1S/C15H13N3O3/c1-9-6-13(10(2)21-9)14(19)17-12-5-3-4-11(7-12)15-18-16-8-20-15/h3-8H,1-2H3,(H,17,19). The molecule has 106 valence electrons. The first-order valence-corrected chi connectivity index (χ1v) is 6.38. The fraction of sp³-hybridized carbons (Fsp3) is 0.133. The van der Waals surface area contributed by atoms with Crippen LogP contribution in [0.15, 0.2) is 45.6 Å². The van der Waals surface area contributed by atoms with Crippen LogP contribution in [0.25, 0.3) is 11.5 Å². The van der Waals surface area contributed by atoms with Gasteiger partial charge in [0.1, 0.15) is 11.5 Å². The highest BCUT2D eigenvalue weighted by Crippen LogP contribution is 2.21. The van der Waals surface area contributed by atoms with E-state index in [0.717, 1.165) is 5.56 Å². The van der Waals surface area contributed by atoms with E-state index in [9.17, 15) is 4.79 Å². The predicted octanol–water partition coefficient (Wildman–Crippen LogP) is 3.20. The lowest BCUT2D eigenvalue weighted by Gasteiger charge is -2.05. The minimum atomic E-state index is -0.216. The minimum absolute atomic E-state index is 0.216. The van der Waals surface area contributed by atoms with Crippen LogP contribution < -0.4 is 5.32 Å². The number of amides is 1. The van der Waals surface area contributed by atoms with Crippen molar-refractivity contribution in [3.8, 4) is 11.5 Å². The molecule has 0 radical (unpaired) electrons. The molecule has 1 aromatic carbocycles. The van der Waals surface area contributed by atoms with Crippen molar-refractivity contribution in [3.63, 3.8) is 0 Å². The molecule has 1 amide bonds. The third kappa shape index (κ3) is 2.69. The molecule has 0 spiro atoms. The second kappa shape index (κ2) is 5.24. The molecule has 0 unspecified atom stereocenters. The molecule has 2 heterocycles. The van der Waals surface area contributed by atoms with E-state index >= 15 is 0 Å². The van der Waals surface area contributed by atoms with Crippen molar-refractivity contribution in [3.05, 3.63) is 53.8 Å². The average molecular weight is 283 g/mol. The molecule has 6 nitrogen and oxygen atoms in total. The van der Waals surface area contributed by atoms with Gasteiger partial charge < -0.3 is 14.2 Å². The Morgan fingerprint density at radius 1 is 1.24 bits per heavy atom. The molecule has 3 aromatic rings. The second-order valence-corrected chi connectivity index (χ2v) is 4.61. The monoisotopic (exact) mass is 283 g/mol. The summed E-state index contributed by atoms with van der Waals surface area (Å²) in [4.78, 5) is 12.2. The van der Waals surface area contributed by atoms with Gasteiger partial charge in [0, 0.05) is 11.3 Å². The Labute approximate surface area is 120 Å². The zero-order valence-corrected chi connectivity index (χ0v) is 11.6. The van der Waals surface area contributed by atoms with Gasteiger partial charge in [-0.2, -0.15) is 0 Å². The molecule has 3 rings (SSSR count). The van der Waals surface area contributed by atoms with E-state index in [-0.39, 0.29) is 5.91 Å². The molecule has 6 heteroatoms. The quantitative estimate of drug-likeness (QED) is 0.798. The van der Waals surface area contributed by atoms with Crippen LogP contribution in [-0.2, 0) is 0 Å². The summed E-state index contributed by atoms with van der Waals surface area (Å²) in [7, 11) is 0. The Morgan fingerprint density at radius 2 is 2.10 bits per heavy atom. The molecule has 0 fully saturated rings. The van der Waals surface area contributed by atoms with Gasteiger partial charge in [0.15, 0.2) is 0 Å². The molecule has 0 atom stereocenters. The van der Waals surface area contributed by atoms with Crippen molar-refractivity contribution < 1.29 is 13.6 Å². The Morgan fingerprint density at radius 3 is 2.76 bits per heavy atom. The number of benzene rings is 1. The summed E-state index contributed by atoms with van der Waals surface area (Å²) < 4.78 is 10.5. The van der Waals surface area contributed by atoms with Gasteiger partial charge in [-0.05, 0) is 38.1 Å². The number of carbonyl (C=O) groups is 1. The van der Waals surface area contributed by atoms with Gasteiger partial charge in [-0.15, -0.1) is 10.2 Å². The van der Waals surface area contributed by atoms with E-state index in [1.807, 2.05) is 12.1 Å². The molecule has 0 bridgehead atoms. The van der Waals surface area contributed by atoms with Crippen molar-refractivity contribution in [2.24, 2.45) is 0 Å². The lowest BCUT2D eigenvalue weighted by atomic mass is 10.2. The second-order valence-electron chi connectivity index (χ2n) is 4.61. The van der Waals surface area contributed by atoms with E-state index in [0.29, 0.717) is 28.7 Å². The van der Waals surface area contributed by atoms with Crippen LogP contribution in [0, 0.1) is 13.8 Å². The maximum absolute atomic E-state index is 12.2. The smallest absolute Gasteiger partial charge is 0.259 e. The maximum atomic E-state index is 12.2. The first-order valence-electron chi connectivity index (χ1n) is 6.38. The van der Waals surface area contributed by atoms with Crippen LogP contribution in [0.5, 0.6) is 0 Å². The molecule has 0 aliphatic carbocycles. The van der Waals surface area contributed by atoms with Gasteiger partial charge in [0.05, 0.1) is 5.56 Å². The van der Waals surface area contributed by atoms with Crippen LogP contribution in [0.3, 0.4) is 0 Å². The van der Waals surface area contributed by atoms with Gasteiger partial charge >= 0.3 is 0 Å². The van der Waals surface area contributed by atoms with Gasteiger partial charge in [0.25, 0.3) is 5.91 Å². The van der Waals surface area contributed by atoms with Crippen LogP contribution in [0.2, 0.25) is 0 Å². The van der Waals surface area contributed by atoms with Crippen molar-refractivity contribution >= 4 is 11.6 Å². The van der Waals surface area contributed by atoms with Gasteiger partial charge in [0.2, 0.25) is 12.3 Å². The Balaban J connectivity index is 1.84. The topological polar surface area (TPSA) is 81.2 Å². The summed E-state index contributed by atoms with van der Waals surface area (Å²) in [6.45, 7) is 3.57. The van der Waals surface area contributed by atoms with Crippen LogP contribution in [0.4, 0.5) is 5.69 Å². The van der Waals surface area contributed by atoms with E-state index in [4.69, 9.17) is 8.83 Å². The lowest BCUT2D eigenvalue weighted by molar-refractivity contribution is 0.102. The minimum Gasteiger partial charge on any atom is -0.466 e.